The third-order valence-corrected chi connectivity index (χ3v) is 2.91. The lowest BCUT2D eigenvalue weighted by Gasteiger charge is -2.23. The Bertz CT molecular complexity index is 516. The monoisotopic (exact) mass is 293 g/mol. The van der Waals surface area contributed by atoms with Gasteiger partial charge in [0, 0.05) is 0 Å². The van der Waals surface area contributed by atoms with Crippen molar-refractivity contribution in [1.29, 1.82) is 0 Å². The fourth-order valence-electron chi connectivity index (χ4n) is 1.84. The summed E-state index contributed by atoms with van der Waals surface area (Å²) in [5.41, 5.74) is 5.59. The smallest absolute Gasteiger partial charge is 0.326 e. The molecule has 1 rings (SSSR count). The number of amides is 3. The highest BCUT2D eigenvalue weighted by Crippen LogP contribution is 2.14. The number of nitrogens with two attached hydrogens (primary N) is 1. The number of carboxylic acids is 1. The van der Waals surface area contributed by atoms with E-state index >= 15 is 0 Å². The van der Waals surface area contributed by atoms with Crippen LogP contribution in [0, 0.1) is 5.92 Å². The lowest BCUT2D eigenvalue weighted by molar-refractivity contribution is -0.143. The van der Waals surface area contributed by atoms with Crippen LogP contribution in [-0.2, 0) is 9.59 Å². The molecule has 0 bridgehead atoms. The summed E-state index contributed by atoms with van der Waals surface area (Å²) in [5, 5.41) is 13.8. The standard InChI is InChI=1S/C14H19N3O4/c1-8(2)10(13(19)20)16-12(18)11(17-14(15)21)9-6-4-3-5-7-9/h3-8,10-11H,1-2H3,(H,16,18)(H,19,20)(H3,15,17,21)/t10-,11?/m0/s1. The number of benzene rings is 1. The summed E-state index contributed by atoms with van der Waals surface area (Å²) in [6, 6.07) is 5.51. The Kier molecular flexibility index (Phi) is 5.71. The first-order valence-corrected chi connectivity index (χ1v) is 6.47. The number of aliphatic carboxylic acids is 1. The Balaban J connectivity index is 2.96. The average molecular weight is 293 g/mol. The van der Waals surface area contributed by atoms with E-state index in [1.165, 1.54) is 0 Å². The van der Waals surface area contributed by atoms with E-state index < -0.39 is 30.0 Å². The molecule has 1 unspecified atom stereocenters. The van der Waals surface area contributed by atoms with Crippen molar-refractivity contribution in [2.45, 2.75) is 25.9 Å². The molecule has 2 atom stereocenters. The minimum atomic E-state index is -1.13. The van der Waals surface area contributed by atoms with E-state index in [4.69, 9.17) is 10.8 Å². The van der Waals surface area contributed by atoms with Gasteiger partial charge in [-0.1, -0.05) is 44.2 Å². The first-order valence-electron chi connectivity index (χ1n) is 6.47. The van der Waals surface area contributed by atoms with Gasteiger partial charge in [-0.25, -0.2) is 9.59 Å². The van der Waals surface area contributed by atoms with Crippen LogP contribution < -0.4 is 16.4 Å². The molecule has 5 N–H and O–H groups in total. The van der Waals surface area contributed by atoms with Gasteiger partial charge in [0.15, 0.2) is 0 Å². The van der Waals surface area contributed by atoms with Crippen LogP contribution in [0.3, 0.4) is 0 Å². The van der Waals surface area contributed by atoms with Gasteiger partial charge in [0.05, 0.1) is 0 Å². The Labute approximate surface area is 122 Å². The molecule has 0 aliphatic heterocycles. The maximum absolute atomic E-state index is 12.3. The molecular formula is C14H19N3O4. The molecule has 0 fully saturated rings. The van der Waals surface area contributed by atoms with Gasteiger partial charge >= 0.3 is 12.0 Å². The van der Waals surface area contributed by atoms with Crippen LogP contribution >= 0.6 is 0 Å². The fraction of sp³-hybridized carbons (Fsp3) is 0.357. The Morgan fingerprint density at radius 1 is 1.10 bits per heavy atom. The summed E-state index contributed by atoms with van der Waals surface area (Å²) >= 11 is 0. The van der Waals surface area contributed by atoms with E-state index in [-0.39, 0.29) is 5.92 Å². The summed E-state index contributed by atoms with van der Waals surface area (Å²) in [4.78, 5) is 34.4. The van der Waals surface area contributed by atoms with Crippen LogP contribution in [0.25, 0.3) is 0 Å². The molecule has 0 aliphatic carbocycles. The van der Waals surface area contributed by atoms with Crippen LogP contribution in [0.5, 0.6) is 0 Å². The van der Waals surface area contributed by atoms with Gasteiger partial charge in [-0.2, -0.15) is 0 Å². The summed E-state index contributed by atoms with van der Waals surface area (Å²) in [6.07, 6.45) is 0. The highest BCUT2D eigenvalue weighted by Gasteiger charge is 2.28. The average Bonchev–Trinajstić information content (AvgIpc) is 2.42. The highest BCUT2D eigenvalue weighted by molar-refractivity contribution is 5.90. The van der Waals surface area contributed by atoms with Crippen LogP contribution in [0.4, 0.5) is 4.79 Å². The molecular weight excluding hydrogens is 274 g/mol. The SMILES string of the molecule is CC(C)[C@H](NC(=O)C(NC(N)=O)c1ccccc1)C(=O)O. The number of carbonyl (C=O) groups excluding carboxylic acids is 2. The molecule has 0 spiro atoms. The van der Waals surface area contributed by atoms with Crippen molar-refractivity contribution in [2.75, 3.05) is 0 Å². The maximum atomic E-state index is 12.3. The number of carbonyl (C=O) groups is 3. The zero-order chi connectivity index (χ0) is 16.0. The molecule has 7 heteroatoms. The Morgan fingerprint density at radius 3 is 2.10 bits per heavy atom. The summed E-state index contributed by atoms with van der Waals surface area (Å²) < 4.78 is 0. The number of nitrogens with one attached hydrogen (secondary N) is 2. The molecule has 7 nitrogen and oxygen atoms in total. The Hall–Kier alpha value is -2.57. The largest absolute Gasteiger partial charge is 0.480 e. The number of urea groups is 1. The van der Waals surface area contributed by atoms with Gasteiger partial charge in [-0.3, -0.25) is 4.79 Å². The minimum Gasteiger partial charge on any atom is -0.480 e. The van der Waals surface area contributed by atoms with E-state index in [1.54, 1.807) is 44.2 Å². The van der Waals surface area contributed by atoms with Crippen LogP contribution in [0.1, 0.15) is 25.5 Å². The maximum Gasteiger partial charge on any atom is 0.326 e. The zero-order valence-corrected chi connectivity index (χ0v) is 11.9. The quantitative estimate of drug-likeness (QED) is 0.614. The van der Waals surface area contributed by atoms with E-state index in [2.05, 4.69) is 10.6 Å². The van der Waals surface area contributed by atoms with E-state index in [9.17, 15) is 14.4 Å². The van der Waals surface area contributed by atoms with Crippen molar-refractivity contribution >= 4 is 17.9 Å². The number of primary amides is 1. The molecule has 21 heavy (non-hydrogen) atoms. The number of hydrogen-bond donors (Lipinski definition) is 4. The summed E-state index contributed by atoms with van der Waals surface area (Å²) in [6.45, 7) is 3.36. The number of hydrogen-bond acceptors (Lipinski definition) is 3. The van der Waals surface area contributed by atoms with Crippen molar-refractivity contribution in [2.24, 2.45) is 11.7 Å². The molecule has 1 aromatic rings. The second-order valence-electron chi connectivity index (χ2n) is 4.92. The topological polar surface area (TPSA) is 122 Å². The number of rotatable bonds is 6. The van der Waals surface area contributed by atoms with Crippen LogP contribution in [0.2, 0.25) is 0 Å². The van der Waals surface area contributed by atoms with Crippen molar-refractivity contribution < 1.29 is 19.5 Å². The Morgan fingerprint density at radius 2 is 1.67 bits per heavy atom. The molecule has 0 aliphatic rings. The summed E-state index contributed by atoms with van der Waals surface area (Å²) in [5.74, 6) is -2.05. The van der Waals surface area contributed by atoms with Gasteiger partial charge in [0.1, 0.15) is 12.1 Å². The molecule has 1 aromatic carbocycles. The molecule has 0 aromatic heterocycles. The summed E-state index contributed by atoms with van der Waals surface area (Å²) in [7, 11) is 0. The first-order chi connectivity index (χ1) is 9.82. The lowest BCUT2D eigenvalue weighted by Crippen LogP contribution is -2.50. The van der Waals surface area contributed by atoms with Crippen molar-refractivity contribution in [1.82, 2.24) is 10.6 Å². The van der Waals surface area contributed by atoms with Gasteiger partial charge in [0.2, 0.25) is 5.91 Å². The lowest BCUT2D eigenvalue weighted by atomic mass is 10.0. The first kappa shape index (κ1) is 16.5. The van der Waals surface area contributed by atoms with Crippen LogP contribution in [0.15, 0.2) is 30.3 Å². The van der Waals surface area contributed by atoms with Crippen molar-refractivity contribution in [3.63, 3.8) is 0 Å². The van der Waals surface area contributed by atoms with E-state index in [0.717, 1.165) is 0 Å². The molecule has 0 saturated heterocycles. The number of carboxylic acid groups (broad SMARTS) is 1. The molecule has 114 valence electrons. The fourth-order valence-corrected chi connectivity index (χ4v) is 1.84. The van der Waals surface area contributed by atoms with Gasteiger partial charge < -0.3 is 21.5 Å². The van der Waals surface area contributed by atoms with E-state index in [0.29, 0.717) is 5.56 Å². The third kappa shape index (κ3) is 4.79. The van der Waals surface area contributed by atoms with Gasteiger partial charge in [-0.05, 0) is 11.5 Å². The zero-order valence-electron chi connectivity index (χ0n) is 11.9. The van der Waals surface area contributed by atoms with Crippen LogP contribution in [-0.4, -0.2) is 29.1 Å². The third-order valence-electron chi connectivity index (χ3n) is 2.91. The molecule has 0 saturated carbocycles. The van der Waals surface area contributed by atoms with E-state index in [1.807, 2.05) is 0 Å². The van der Waals surface area contributed by atoms with Gasteiger partial charge in [-0.15, -0.1) is 0 Å². The van der Waals surface area contributed by atoms with Crippen molar-refractivity contribution in [3.05, 3.63) is 35.9 Å². The molecule has 0 heterocycles. The van der Waals surface area contributed by atoms with Crippen molar-refractivity contribution in [3.8, 4) is 0 Å². The predicted molar refractivity (Wildman–Crippen MR) is 76.3 cm³/mol. The highest BCUT2D eigenvalue weighted by atomic mass is 16.4. The normalized spacial score (nSPS) is 13.3. The second kappa shape index (κ2) is 7.28. The minimum absolute atomic E-state index is 0.295. The molecule has 0 radical (unpaired) electrons. The van der Waals surface area contributed by atoms with Gasteiger partial charge in [0.25, 0.3) is 0 Å². The predicted octanol–water partition coefficient (Wildman–Crippen LogP) is 0.621. The molecule has 3 amide bonds. The second-order valence-corrected chi connectivity index (χ2v) is 4.92.